The predicted octanol–water partition coefficient (Wildman–Crippen LogP) is 3.68. The van der Waals surface area contributed by atoms with Crippen molar-refractivity contribution in [2.45, 2.75) is 25.7 Å². The fourth-order valence-electron chi connectivity index (χ4n) is 2.51. The first-order chi connectivity index (χ1) is 9.06. The Kier molecular flexibility index (Phi) is 5.11. The first-order valence-corrected chi connectivity index (χ1v) is 8.59. The van der Waals surface area contributed by atoms with Gasteiger partial charge in [0.25, 0.3) is 5.91 Å². The van der Waals surface area contributed by atoms with E-state index in [1.54, 1.807) is 12.1 Å². The molecule has 5 heteroatoms. The van der Waals surface area contributed by atoms with Crippen molar-refractivity contribution < 1.29 is 9.90 Å². The Bertz CT molecular complexity index is 473. The summed E-state index contributed by atoms with van der Waals surface area (Å²) in [5.41, 5.74) is 0.724. The van der Waals surface area contributed by atoms with Gasteiger partial charge >= 0.3 is 0 Å². The van der Waals surface area contributed by atoms with E-state index in [1.807, 2.05) is 22.6 Å². The summed E-state index contributed by atoms with van der Waals surface area (Å²) in [6.45, 7) is 0.698. The maximum Gasteiger partial charge on any atom is 0.251 e. The Labute approximate surface area is 135 Å². The van der Waals surface area contributed by atoms with Crippen molar-refractivity contribution in [1.29, 1.82) is 0 Å². The van der Waals surface area contributed by atoms with E-state index >= 15 is 0 Å². The number of halogens is 2. The molecule has 0 atom stereocenters. The summed E-state index contributed by atoms with van der Waals surface area (Å²) in [5.74, 6) is 0.0447. The molecule has 1 saturated carbocycles. The zero-order chi connectivity index (χ0) is 13.9. The van der Waals surface area contributed by atoms with Crippen LogP contribution in [0.2, 0.25) is 0 Å². The van der Waals surface area contributed by atoms with E-state index in [4.69, 9.17) is 0 Å². The van der Waals surface area contributed by atoms with Crippen LogP contribution in [0.25, 0.3) is 0 Å². The van der Waals surface area contributed by atoms with Gasteiger partial charge in [-0.05, 0) is 59.0 Å². The molecule has 0 saturated heterocycles. The first kappa shape index (κ1) is 15.1. The number of amides is 1. The van der Waals surface area contributed by atoms with Crippen molar-refractivity contribution in [3.05, 3.63) is 27.3 Å². The molecular weight excluding hydrogens is 421 g/mol. The van der Waals surface area contributed by atoms with Crippen LogP contribution in [-0.4, -0.2) is 22.9 Å². The van der Waals surface area contributed by atoms with Crippen molar-refractivity contribution in [2.24, 2.45) is 5.41 Å². The molecule has 2 rings (SSSR count). The number of nitrogens with one attached hydrogen (secondary N) is 1. The van der Waals surface area contributed by atoms with E-state index < -0.39 is 0 Å². The van der Waals surface area contributed by atoms with Gasteiger partial charge in [0.05, 0.1) is 3.57 Å². The third-order valence-electron chi connectivity index (χ3n) is 3.78. The highest BCUT2D eigenvalue weighted by Crippen LogP contribution is 2.39. The molecule has 0 bridgehead atoms. The number of phenols is 1. The minimum Gasteiger partial charge on any atom is -0.507 e. The lowest BCUT2D eigenvalue weighted by atomic mass is 9.89. The van der Waals surface area contributed by atoms with E-state index in [-0.39, 0.29) is 17.1 Å². The van der Waals surface area contributed by atoms with Crippen LogP contribution in [0.4, 0.5) is 0 Å². The third-order valence-corrected chi connectivity index (χ3v) is 5.88. The van der Waals surface area contributed by atoms with Crippen LogP contribution in [-0.2, 0) is 0 Å². The second kappa shape index (κ2) is 6.43. The van der Waals surface area contributed by atoms with Crippen molar-refractivity contribution >= 4 is 44.4 Å². The van der Waals surface area contributed by atoms with E-state index in [0.29, 0.717) is 12.1 Å². The van der Waals surface area contributed by atoms with Gasteiger partial charge in [0.1, 0.15) is 5.75 Å². The smallest absolute Gasteiger partial charge is 0.251 e. The van der Waals surface area contributed by atoms with E-state index in [0.717, 1.165) is 21.7 Å². The van der Waals surface area contributed by atoms with Gasteiger partial charge in [-0.2, -0.15) is 0 Å². The van der Waals surface area contributed by atoms with Gasteiger partial charge in [0, 0.05) is 17.4 Å². The molecule has 0 radical (unpaired) electrons. The molecule has 2 N–H and O–H groups in total. The summed E-state index contributed by atoms with van der Waals surface area (Å²) in [6, 6.07) is 5.01. The molecular formula is C14H17BrINO2. The summed E-state index contributed by atoms with van der Waals surface area (Å²) >= 11 is 5.61. The zero-order valence-electron chi connectivity index (χ0n) is 10.6. The zero-order valence-corrected chi connectivity index (χ0v) is 14.3. The lowest BCUT2D eigenvalue weighted by Gasteiger charge is -2.26. The molecule has 1 amide bonds. The summed E-state index contributed by atoms with van der Waals surface area (Å²) < 4.78 is 0.752. The molecule has 0 aliphatic heterocycles. The van der Waals surface area contributed by atoms with Gasteiger partial charge in [-0.15, -0.1) is 0 Å². The van der Waals surface area contributed by atoms with Gasteiger partial charge in [0.2, 0.25) is 0 Å². The number of carbonyl (C=O) groups is 1. The molecule has 0 heterocycles. The number of rotatable bonds is 4. The van der Waals surface area contributed by atoms with Crippen molar-refractivity contribution in [3.63, 3.8) is 0 Å². The fourth-order valence-corrected chi connectivity index (χ4v) is 3.60. The van der Waals surface area contributed by atoms with Gasteiger partial charge in [-0.25, -0.2) is 0 Å². The number of hydrogen-bond donors (Lipinski definition) is 2. The second-order valence-corrected chi connectivity index (χ2v) is 6.91. The van der Waals surface area contributed by atoms with Crippen molar-refractivity contribution in [2.75, 3.05) is 11.9 Å². The quantitative estimate of drug-likeness (QED) is 0.557. The number of benzene rings is 1. The minimum absolute atomic E-state index is 0.112. The lowest BCUT2D eigenvalue weighted by Crippen LogP contribution is -2.37. The normalized spacial score (nSPS) is 17.4. The Hall–Kier alpha value is -0.300. The molecule has 0 spiro atoms. The minimum atomic E-state index is -0.112. The number of aromatic hydroxyl groups is 1. The summed E-state index contributed by atoms with van der Waals surface area (Å²) in [7, 11) is 0. The Morgan fingerprint density at radius 1 is 1.42 bits per heavy atom. The predicted molar refractivity (Wildman–Crippen MR) is 87.9 cm³/mol. The largest absolute Gasteiger partial charge is 0.507 e. The van der Waals surface area contributed by atoms with Gasteiger partial charge < -0.3 is 10.4 Å². The molecule has 1 aromatic carbocycles. The van der Waals surface area contributed by atoms with Crippen molar-refractivity contribution in [1.82, 2.24) is 5.32 Å². The third kappa shape index (κ3) is 3.62. The van der Waals surface area contributed by atoms with E-state index in [1.165, 1.54) is 18.9 Å². The lowest BCUT2D eigenvalue weighted by molar-refractivity contribution is 0.0935. The maximum absolute atomic E-state index is 12.1. The van der Waals surface area contributed by atoms with Crippen LogP contribution in [0.5, 0.6) is 5.75 Å². The average molecular weight is 438 g/mol. The van der Waals surface area contributed by atoms with Crippen LogP contribution in [0.15, 0.2) is 18.2 Å². The van der Waals surface area contributed by atoms with Crippen LogP contribution in [0.3, 0.4) is 0 Å². The molecule has 0 aromatic heterocycles. The van der Waals surface area contributed by atoms with Gasteiger partial charge in [-0.3, -0.25) is 4.79 Å². The maximum atomic E-state index is 12.1. The number of hydrogen-bond acceptors (Lipinski definition) is 2. The summed E-state index contributed by atoms with van der Waals surface area (Å²) in [5, 5.41) is 13.6. The van der Waals surface area contributed by atoms with Crippen LogP contribution < -0.4 is 5.32 Å². The molecule has 1 fully saturated rings. The highest BCUT2D eigenvalue weighted by atomic mass is 127. The molecule has 1 aromatic rings. The highest BCUT2D eigenvalue weighted by Gasteiger charge is 2.33. The average Bonchev–Trinajstić information content (AvgIpc) is 2.89. The van der Waals surface area contributed by atoms with Gasteiger partial charge in [0.15, 0.2) is 0 Å². The molecule has 0 unspecified atom stereocenters. The van der Waals surface area contributed by atoms with Crippen LogP contribution in [0, 0.1) is 8.99 Å². The molecule has 104 valence electrons. The van der Waals surface area contributed by atoms with Crippen LogP contribution >= 0.6 is 38.5 Å². The SMILES string of the molecule is O=C(NCC1(CBr)CCCC1)c1ccc(I)c(O)c1. The van der Waals surface area contributed by atoms with Gasteiger partial charge in [-0.1, -0.05) is 28.8 Å². The number of carbonyl (C=O) groups excluding carboxylic acids is 1. The van der Waals surface area contributed by atoms with E-state index in [2.05, 4.69) is 21.2 Å². The van der Waals surface area contributed by atoms with E-state index in [9.17, 15) is 9.90 Å². The molecule has 3 nitrogen and oxygen atoms in total. The second-order valence-electron chi connectivity index (χ2n) is 5.19. The number of phenolic OH excluding ortho intramolecular Hbond substituents is 1. The Morgan fingerprint density at radius 2 is 2.11 bits per heavy atom. The standard InChI is InChI=1S/C14H17BrINO2/c15-8-14(5-1-2-6-14)9-17-13(19)10-3-4-11(16)12(18)7-10/h3-4,7,18H,1-2,5-6,8-9H2,(H,17,19). The first-order valence-electron chi connectivity index (χ1n) is 6.39. The molecule has 1 aliphatic carbocycles. The Morgan fingerprint density at radius 3 is 2.68 bits per heavy atom. The number of alkyl halides is 1. The van der Waals surface area contributed by atoms with Crippen LogP contribution in [0.1, 0.15) is 36.0 Å². The fraction of sp³-hybridized carbons (Fsp3) is 0.500. The monoisotopic (exact) mass is 437 g/mol. The molecule has 1 aliphatic rings. The summed E-state index contributed by atoms with van der Waals surface area (Å²) in [4.78, 5) is 12.1. The topological polar surface area (TPSA) is 49.3 Å². The summed E-state index contributed by atoms with van der Waals surface area (Å²) in [6.07, 6.45) is 4.81. The molecule has 19 heavy (non-hydrogen) atoms. The highest BCUT2D eigenvalue weighted by molar-refractivity contribution is 14.1. The van der Waals surface area contributed by atoms with Crippen molar-refractivity contribution in [3.8, 4) is 5.75 Å². The Balaban J connectivity index is 1.99.